The Bertz CT molecular complexity index is 1260. The molecule has 0 fully saturated rings. The minimum Gasteiger partial charge on any atom is -0.478 e. The van der Waals surface area contributed by atoms with E-state index in [-0.39, 0.29) is 11.1 Å². The molecule has 0 saturated heterocycles. The number of ether oxygens (including phenoxy) is 2. The number of aromatic carboxylic acids is 2. The van der Waals surface area contributed by atoms with Gasteiger partial charge in [-0.3, -0.25) is 0 Å². The molecular formula is C26H20N2O6. The summed E-state index contributed by atoms with van der Waals surface area (Å²) >= 11 is 0. The summed E-state index contributed by atoms with van der Waals surface area (Å²) in [7, 11) is 0. The first-order chi connectivity index (χ1) is 16.3. The Morgan fingerprint density at radius 3 is 1.21 bits per heavy atom. The minimum absolute atomic E-state index is 0.0475. The molecule has 4 aromatic carbocycles. The first-order valence-corrected chi connectivity index (χ1v) is 10.1. The van der Waals surface area contributed by atoms with E-state index in [1.807, 2.05) is 24.3 Å². The van der Waals surface area contributed by atoms with Gasteiger partial charge in [0.25, 0.3) is 0 Å². The summed E-state index contributed by atoms with van der Waals surface area (Å²) in [6, 6.07) is 23.2. The first-order valence-electron chi connectivity index (χ1n) is 10.1. The summed E-state index contributed by atoms with van der Waals surface area (Å²) in [4.78, 5) is 22.4. The second-order valence-electron chi connectivity index (χ2n) is 7.44. The average molecular weight is 456 g/mol. The summed E-state index contributed by atoms with van der Waals surface area (Å²) in [5.41, 5.74) is 14.0. The van der Waals surface area contributed by atoms with Gasteiger partial charge >= 0.3 is 11.9 Å². The van der Waals surface area contributed by atoms with E-state index in [1.54, 1.807) is 36.4 Å². The highest BCUT2D eigenvalue weighted by Crippen LogP contribution is 2.30. The highest BCUT2D eigenvalue weighted by Gasteiger charge is 2.09. The third-order valence-corrected chi connectivity index (χ3v) is 4.86. The number of hydrogen-bond acceptors (Lipinski definition) is 6. The molecule has 0 aliphatic rings. The number of rotatable bonds is 7. The Balaban J connectivity index is 1.47. The summed E-state index contributed by atoms with van der Waals surface area (Å²) in [5.74, 6) is -0.447. The van der Waals surface area contributed by atoms with E-state index in [9.17, 15) is 9.59 Å². The molecule has 0 aliphatic heterocycles. The van der Waals surface area contributed by atoms with E-state index in [0.717, 1.165) is 11.1 Å². The molecule has 0 bridgehead atoms. The monoisotopic (exact) mass is 456 g/mol. The predicted molar refractivity (Wildman–Crippen MR) is 128 cm³/mol. The summed E-state index contributed by atoms with van der Waals surface area (Å²) < 4.78 is 11.5. The molecule has 0 aromatic heterocycles. The summed E-state index contributed by atoms with van der Waals surface area (Å²) in [6.07, 6.45) is 0. The van der Waals surface area contributed by atoms with Crippen molar-refractivity contribution in [2.24, 2.45) is 0 Å². The number of carboxylic acid groups (broad SMARTS) is 2. The normalized spacial score (nSPS) is 10.5. The van der Waals surface area contributed by atoms with Gasteiger partial charge in [0.1, 0.15) is 23.0 Å². The van der Waals surface area contributed by atoms with E-state index < -0.39 is 11.9 Å². The lowest BCUT2D eigenvalue weighted by Gasteiger charge is -2.10. The highest BCUT2D eigenvalue weighted by atomic mass is 16.5. The van der Waals surface area contributed by atoms with Crippen molar-refractivity contribution in [2.75, 3.05) is 11.5 Å². The van der Waals surface area contributed by atoms with E-state index in [4.69, 9.17) is 31.2 Å². The van der Waals surface area contributed by atoms with E-state index in [0.29, 0.717) is 34.4 Å². The number of hydrogen-bond donors (Lipinski definition) is 4. The van der Waals surface area contributed by atoms with Crippen LogP contribution in [0.4, 0.5) is 11.4 Å². The molecule has 0 spiro atoms. The average Bonchev–Trinajstić information content (AvgIpc) is 2.79. The van der Waals surface area contributed by atoms with E-state index in [1.165, 1.54) is 24.3 Å². The molecule has 6 N–H and O–H groups in total. The molecule has 0 amide bonds. The van der Waals surface area contributed by atoms with Gasteiger partial charge in [0, 0.05) is 23.5 Å². The number of benzene rings is 4. The molecule has 0 radical (unpaired) electrons. The molecule has 8 heteroatoms. The van der Waals surface area contributed by atoms with Crippen molar-refractivity contribution >= 4 is 23.3 Å². The smallest absolute Gasteiger partial charge is 0.335 e. The van der Waals surface area contributed by atoms with Gasteiger partial charge in [-0.1, -0.05) is 24.3 Å². The Kier molecular flexibility index (Phi) is 6.05. The molecule has 4 rings (SSSR count). The van der Waals surface area contributed by atoms with Gasteiger partial charge in [-0.25, -0.2) is 9.59 Å². The largest absolute Gasteiger partial charge is 0.478 e. The lowest BCUT2D eigenvalue weighted by molar-refractivity contribution is 0.0686. The van der Waals surface area contributed by atoms with Gasteiger partial charge in [0.15, 0.2) is 0 Å². The van der Waals surface area contributed by atoms with Crippen LogP contribution in [0.1, 0.15) is 20.7 Å². The summed E-state index contributed by atoms with van der Waals surface area (Å²) in [5, 5.41) is 18.3. The molecule has 0 atom stereocenters. The van der Waals surface area contributed by atoms with Crippen LogP contribution in [0.15, 0.2) is 84.9 Å². The van der Waals surface area contributed by atoms with Crippen molar-refractivity contribution in [1.29, 1.82) is 0 Å². The second kappa shape index (κ2) is 9.25. The van der Waals surface area contributed by atoms with Crippen molar-refractivity contribution in [2.45, 2.75) is 0 Å². The third-order valence-electron chi connectivity index (χ3n) is 4.86. The minimum atomic E-state index is -1.09. The number of carbonyl (C=O) groups is 2. The van der Waals surface area contributed by atoms with E-state index >= 15 is 0 Å². The summed E-state index contributed by atoms with van der Waals surface area (Å²) in [6.45, 7) is 0. The molecule has 0 saturated carbocycles. The first kappa shape index (κ1) is 22.2. The van der Waals surface area contributed by atoms with Gasteiger partial charge in [-0.2, -0.15) is 0 Å². The second-order valence-corrected chi connectivity index (χ2v) is 7.44. The number of anilines is 2. The standard InChI is InChI=1S/C26H20N2O6/c27-19-9-17(25(29)30)11-23(13-19)33-21-5-1-15(2-6-21)16-3-7-22(8-4-16)34-24-12-18(26(31)32)10-20(28)14-24/h1-14H,27-28H2,(H,29,30)(H,31,32). The van der Waals surface area contributed by atoms with Crippen LogP contribution >= 0.6 is 0 Å². The molecule has 0 aliphatic carbocycles. The quantitative estimate of drug-likeness (QED) is 0.267. The Hall–Kier alpha value is -4.98. The maximum absolute atomic E-state index is 11.2. The zero-order valence-corrected chi connectivity index (χ0v) is 17.8. The van der Waals surface area contributed by atoms with Crippen molar-refractivity contribution in [1.82, 2.24) is 0 Å². The molecule has 0 heterocycles. The Morgan fingerprint density at radius 1 is 0.529 bits per heavy atom. The number of nitrogens with two attached hydrogens (primary N) is 2. The zero-order valence-electron chi connectivity index (χ0n) is 17.8. The van der Waals surface area contributed by atoms with Crippen LogP contribution in [0.3, 0.4) is 0 Å². The number of carboxylic acids is 2. The van der Waals surface area contributed by atoms with Crippen LogP contribution in [-0.4, -0.2) is 22.2 Å². The van der Waals surface area contributed by atoms with Gasteiger partial charge < -0.3 is 31.2 Å². The van der Waals surface area contributed by atoms with Crippen LogP contribution in [0.5, 0.6) is 23.0 Å². The van der Waals surface area contributed by atoms with Gasteiger partial charge in [0.2, 0.25) is 0 Å². The fourth-order valence-corrected chi connectivity index (χ4v) is 3.31. The fourth-order valence-electron chi connectivity index (χ4n) is 3.31. The van der Waals surface area contributed by atoms with Gasteiger partial charge in [-0.15, -0.1) is 0 Å². The van der Waals surface area contributed by atoms with E-state index in [2.05, 4.69) is 0 Å². The van der Waals surface area contributed by atoms with Crippen molar-refractivity contribution in [3.05, 3.63) is 96.1 Å². The van der Waals surface area contributed by atoms with Crippen LogP contribution in [0.2, 0.25) is 0 Å². The maximum Gasteiger partial charge on any atom is 0.335 e. The molecule has 34 heavy (non-hydrogen) atoms. The van der Waals surface area contributed by atoms with Crippen molar-refractivity contribution in [3.8, 4) is 34.1 Å². The lowest BCUT2D eigenvalue weighted by atomic mass is 10.1. The maximum atomic E-state index is 11.2. The topological polar surface area (TPSA) is 145 Å². The Labute approximate surface area is 194 Å². The molecule has 170 valence electrons. The fraction of sp³-hybridized carbons (Fsp3) is 0. The van der Waals surface area contributed by atoms with Crippen LogP contribution < -0.4 is 20.9 Å². The van der Waals surface area contributed by atoms with Crippen molar-refractivity contribution in [3.63, 3.8) is 0 Å². The van der Waals surface area contributed by atoms with Crippen LogP contribution in [-0.2, 0) is 0 Å². The Morgan fingerprint density at radius 2 is 0.882 bits per heavy atom. The van der Waals surface area contributed by atoms with Crippen LogP contribution in [0, 0.1) is 0 Å². The molecule has 4 aromatic rings. The zero-order chi connectivity index (χ0) is 24.2. The predicted octanol–water partition coefficient (Wildman–Crippen LogP) is 5.50. The molecule has 0 unspecified atom stereocenters. The highest BCUT2D eigenvalue weighted by molar-refractivity contribution is 5.90. The lowest BCUT2D eigenvalue weighted by Crippen LogP contribution is -1.99. The SMILES string of the molecule is Nc1cc(Oc2ccc(-c3ccc(Oc4cc(N)cc(C(=O)O)c4)cc3)cc2)cc(C(=O)O)c1. The molecular weight excluding hydrogens is 436 g/mol. The molecule has 8 nitrogen and oxygen atoms in total. The van der Waals surface area contributed by atoms with Gasteiger partial charge in [-0.05, 0) is 59.7 Å². The van der Waals surface area contributed by atoms with Crippen molar-refractivity contribution < 1.29 is 29.3 Å². The van der Waals surface area contributed by atoms with Crippen LogP contribution in [0.25, 0.3) is 11.1 Å². The van der Waals surface area contributed by atoms with Gasteiger partial charge in [0.05, 0.1) is 11.1 Å². The number of nitrogen functional groups attached to an aromatic ring is 2. The third kappa shape index (κ3) is 5.25.